The molecule has 8 heteroatoms. The molecule has 0 bridgehead atoms. The van der Waals surface area contributed by atoms with Crippen LogP contribution in [-0.4, -0.2) is 68.8 Å². The smallest absolute Gasteiger partial charge is 0.414 e. The van der Waals surface area contributed by atoms with E-state index in [1.165, 1.54) is 5.56 Å². The molecule has 3 N–H and O–H groups in total. The van der Waals surface area contributed by atoms with Crippen molar-refractivity contribution in [3.63, 3.8) is 0 Å². The zero-order valence-corrected chi connectivity index (χ0v) is 14.7. The van der Waals surface area contributed by atoms with Crippen LogP contribution in [0.15, 0.2) is 24.3 Å². The number of carbonyl (C=O) groups is 2. The first kappa shape index (κ1) is 22.8. The van der Waals surface area contributed by atoms with Crippen LogP contribution >= 0.6 is 0 Å². The normalized spacial score (nSPS) is 9.84. The molecular formula is C17H27NO7. The van der Waals surface area contributed by atoms with Crippen LogP contribution in [0, 0.1) is 0 Å². The van der Waals surface area contributed by atoms with Crippen molar-refractivity contribution in [3.05, 3.63) is 29.8 Å². The van der Waals surface area contributed by atoms with E-state index in [2.05, 4.69) is 24.4 Å². The van der Waals surface area contributed by atoms with Gasteiger partial charge in [-0.05, 0) is 24.1 Å². The quantitative estimate of drug-likeness (QED) is 0.397. The van der Waals surface area contributed by atoms with Gasteiger partial charge in [-0.25, -0.2) is 9.59 Å². The van der Waals surface area contributed by atoms with E-state index in [0.29, 0.717) is 19.8 Å². The molecule has 0 aliphatic carbocycles. The fourth-order valence-electron chi connectivity index (χ4n) is 1.59. The Morgan fingerprint density at radius 1 is 0.960 bits per heavy atom. The minimum atomic E-state index is -1.82. The number of hydrogen-bond donors (Lipinski definition) is 3. The SMILES string of the molecule is CCc1ccc(OCCOCCNCCOC)cc1.O=C(O)C(=O)O. The summed E-state index contributed by atoms with van der Waals surface area (Å²) in [7, 11) is 1.70. The van der Waals surface area contributed by atoms with Crippen LogP contribution in [0.2, 0.25) is 0 Å². The summed E-state index contributed by atoms with van der Waals surface area (Å²) < 4.78 is 16.0. The molecule has 1 aromatic carbocycles. The molecule has 1 rings (SSSR count). The van der Waals surface area contributed by atoms with Gasteiger partial charge in [0.05, 0.1) is 19.8 Å². The lowest BCUT2D eigenvalue weighted by atomic mass is 10.2. The maximum atomic E-state index is 9.10. The second kappa shape index (κ2) is 15.4. The van der Waals surface area contributed by atoms with E-state index in [4.69, 9.17) is 34.0 Å². The molecule has 0 aliphatic rings. The minimum absolute atomic E-state index is 0.587. The highest BCUT2D eigenvalue weighted by Gasteiger charge is 2.04. The van der Waals surface area contributed by atoms with E-state index in [0.717, 1.165) is 31.9 Å². The second-order valence-electron chi connectivity index (χ2n) is 4.81. The number of ether oxygens (including phenoxy) is 3. The van der Waals surface area contributed by atoms with Gasteiger partial charge >= 0.3 is 11.9 Å². The predicted molar refractivity (Wildman–Crippen MR) is 92.2 cm³/mol. The molecule has 142 valence electrons. The summed E-state index contributed by atoms with van der Waals surface area (Å²) in [6.07, 6.45) is 1.06. The summed E-state index contributed by atoms with van der Waals surface area (Å²) in [4.78, 5) is 18.2. The summed E-state index contributed by atoms with van der Waals surface area (Å²) in [6, 6.07) is 8.20. The van der Waals surface area contributed by atoms with E-state index >= 15 is 0 Å². The Hall–Kier alpha value is -2.16. The van der Waals surface area contributed by atoms with Crippen LogP contribution in [0.4, 0.5) is 0 Å². The Balaban J connectivity index is 0.000000823. The van der Waals surface area contributed by atoms with Crippen LogP contribution in [0.1, 0.15) is 12.5 Å². The van der Waals surface area contributed by atoms with Crippen LogP contribution in [0.25, 0.3) is 0 Å². The molecule has 0 saturated carbocycles. The molecule has 8 nitrogen and oxygen atoms in total. The standard InChI is InChI=1S/C15H25NO3.C2H2O4/c1-3-14-4-6-15(7-5-14)19-13-12-18-11-9-16-8-10-17-2;3-1(4)2(5)6/h4-7,16H,3,8-13H2,1-2H3;(H,3,4)(H,5,6). The summed E-state index contributed by atoms with van der Waals surface area (Å²) in [5, 5.41) is 18.0. The number of nitrogens with one attached hydrogen (secondary N) is 1. The van der Waals surface area contributed by atoms with Gasteiger partial charge in [0.1, 0.15) is 12.4 Å². The Bertz CT molecular complexity index is 464. The number of rotatable bonds is 11. The lowest BCUT2D eigenvalue weighted by Gasteiger charge is -2.08. The third kappa shape index (κ3) is 13.9. The van der Waals surface area contributed by atoms with Gasteiger partial charge in [0, 0.05) is 20.2 Å². The fourth-order valence-corrected chi connectivity index (χ4v) is 1.59. The van der Waals surface area contributed by atoms with Crippen molar-refractivity contribution in [2.45, 2.75) is 13.3 Å². The van der Waals surface area contributed by atoms with E-state index in [9.17, 15) is 0 Å². The Labute approximate surface area is 147 Å². The van der Waals surface area contributed by atoms with Gasteiger partial charge in [0.15, 0.2) is 0 Å². The molecule has 0 spiro atoms. The van der Waals surface area contributed by atoms with E-state index in [1.54, 1.807) is 7.11 Å². The van der Waals surface area contributed by atoms with Crippen LogP contribution in [-0.2, 0) is 25.5 Å². The third-order valence-corrected chi connectivity index (χ3v) is 2.92. The average Bonchev–Trinajstić information content (AvgIpc) is 2.61. The lowest BCUT2D eigenvalue weighted by molar-refractivity contribution is -0.159. The molecule has 0 unspecified atom stereocenters. The van der Waals surface area contributed by atoms with Crippen LogP contribution < -0.4 is 10.1 Å². The van der Waals surface area contributed by atoms with Crippen molar-refractivity contribution in [3.8, 4) is 5.75 Å². The van der Waals surface area contributed by atoms with Crippen molar-refractivity contribution in [1.29, 1.82) is 0 Å². The maximum absolute atomic E-state index is 9.10. The Kier molecular flexibility index (Phi) is 14.0. The molecular weight excluding hydrogens is 330 g/mol. The van der Waals surface area contributed by atoms with E-state index in [1.807, 2.05) is 12.1 Å². The average molecular weight is 357 g/mol. The van der Waals surface area contributed by atoms with Gasteiger partial charge < -0.3 is 29.7 Å². The van der Waals surface area contributed by atoms with E-state index in [-0.39, 0.29) is 0 Å². The number of methoxy groups -OCH3 is 1. The predicted octanol–water partition coefficient (Wildman–Crippen LogP) is 1.04. The lowest BCUT2D eigenvalue weighted by Crippen LogP contribution is -2.24. The number of carboxylic acid groups (broad SMARTS) is 2. The van der Waals surface area contributed by atoms with Crippen molar-refractivity contribution in [1.82, 2.24) is 5.32 Å². The van der Waals surface area contributed by atoms with Crippen LogP contribution in [0.3, 0.4) is 0 Å². The van der Waals surface area contributed by atoms with Gasteiger partial charge in [-0.1, -0.05) is 19.1 Å². The first-order valence-electron chi connectivity index (χ1n) is 7.96. The molecule has 0 aliphatic heterocycles. The number of aliphatic carboxylic acids is 2. The molecule has 0 heterocycles. The van der Waals surface area contributed by atoms with Gasteiger partial charge in [-0.2, -0.15) is 0 Å². The largest absolute Gasteiger partial charge is 0.491 e. The van der Waals surface area contributed by atoms with Crippen molar-refractivity contribution in [2.24, 2.45) is 0 Å². The van der Waals surface area contributed by atoms with Gasteiger partial charge in [0.25, 0.3) is 0 Å². The minimum Gasteiger partial charge on any atom is -0.491 e. The summed E-state index contributed by atoms with van der Waals surface area (Å²) >= 11 is 0. The van der Waals surface area contributed by atoms with Gasteiger partial charge in [0.2, 0.25) is 0 Å². The Morgan fingerprint density at radius 3 is 2.08 bits per heavy atom. The molecule has 0 atom stereocenters. The molecule has 0 fully saturated rings. The molecule has 1 aromatic rings. The molecule has 25 heavy (non-hydrogen) atoms. The maximum Gasteiger partial charge on any atom is 0.414 e. The first-order chi connectivity index (χ1) is 12.0. The zero-order valence-electron chi connectivity index (χ0n) is 14.7. The molecule has 0 saturated heterocycles. The highest BCUT2D eigenvalue weighted by atomic mass is 16.5. The molecule has 0 amide bonds. The zero-order chi connectivity index (χ0) is 18.9. The summed E-state index contributed by atoms with van der Waals surface area (Å²) in [5.41, 5.74) is 1.32. The summed E-state index contributed by atoms with van der Waals surface area (Å²) in [6.45, 7) is 6.48. The monoisotopic (exact) mass is 357 g/mol. The fraction of sp³-hybridized carbons (Fsp3) is 0.529. The second-order valence-corrected chi connectivity index (χ2v) is 4.81. The molecule has 0 aromatic heterocycles. The van der Waals surface area contributed by atoms with Crippen molar-refractivity contribution in [2.75, 3.05) is 46.6 Å². The molecule has 0 radical (unpaired) electrons. The number of carboxylic acids is 2. The first-order valence-corrected chi connectivity index (χ1v) is 7.96. The number of hydrogen-bond acceptors (Lipinski definition) is 6. The van der Waals surface area contributed by atoms with Crippen molar-refractivity contribution < 1.29 is 34.0 Å². The van der Waals surface area contributed by atoms with E-state index < -0.39 is 11.9 Å². The van der Waals surface area contributed by atoms with Gasteiger partial charge in [-0.15, -0.1) is 0 Å². The Morgan fingerprint density at radius 2 is 1.56 bits per heavy atom. The highest BCUT2D eigenvalue weighted by molar-refractivity contribution is 6.27. The highest BCUT2D eigenvalue weighted by Crippen LogP contribution is 2.12. The van der Waals surface area contributed by atoms with Crippen LogP contribution in [0.5, 0.6) is 5.75 Å². The topological polar surface area (TPSA) is 114 Å². The third-order valence-electron chi connectivity index (χ3n) is 2.92. The number of aryl methyl sites for hydroxylation is 1. The summed E-state index contributed by atoms with van der Waals surface area (Å²) in [5.74, 6) is -2.75. The number of benzene rings is 1. The van der Waals surface area contributed by atoms with Crippen molar-refractivity contribution >= 4 is 11.9 Å². The van der Waals surface area contributed by atoms with Gasteiger partial charge in [-0.3, -0.25) is 0 Å².